The fourth-order valence-corrected chi connectivity index (χ4v) is 2.30. The lowest BCUT2D eigenvalue weighted by atomic mass is 10.2. The third kappa shape index (κ3) is 6.33. The highest BCUT2D eigenvalue weighted by Crippen LogP contribution is 2.04. The molecule has 106 valence electrons. The summed E-state index contributed by atoms with van der Waals surface area (Å²) >= 11 is 0. The zero-order chi connectivity index (χ0) is 13.2. The zero-order valence-electron chi connectivity index (χ0n) is 11.7. The molecule has 0 radical (unpaired) electrons. The van der Waals surface area contributed by atoms with Gasteiger partial charge in [0, 0.05) is 39.6 Å². The van der Waals surface area contributed by atoms with Crippen LogP contribution in [0.4, 0.5) is 0 Å². The first-order chi connectivity index (χ1) is 8.76. The molecule has 0 aliphatic carbocycles. The van der Waals surface area contributed by atoms with Gasteiger partial charge in [0.2, 0.25) is 5.91 Å². The summed E-state index contributed by atoms with van der Waals surface area (Å²) in [5, 5.41) is 2.66. The Bertz CT molecular complexity index is 227. The fourth-order valence-electron chi connectivity index (χ4n) is 2.30. The topological polar surface area (TPSA) is 61.6 Å². The minimum absolute atomic E-state index is 0.149. The van der Waals surface area contributed by atoms with Crippen LogP contribution in [0.5, 0.6) is 0 Å². The molecule has 3 N–H and O–H groups in total. The average molecular weight is 256 g/mol. The lowest BCUT2D eigenvalue weighted by Crippen LogP contribution is -2.46. The van der Waals surface area contributed by atoms with Crippen LogP contribution in [-0.4, -0.2) is 68.6 Å². The largest absolute Gasteiger partial charge is 0.359 e. The molecule has 5 heteroatoms. The molecule has 0 unspecified atom stereocenters. The highest BCUT2D eigenvalue weighted by molar-refractivity contribution is 5.75. The molecule has 0 aromatic carbocycles. The minimum Gasteiger partial charge on any atom is -0.359 e. The smallest absolute Gasteiger partial charge is 0.219 e. The van der Waals surface area contributed by atoms with Crippen LogP contribution < -0.4 is 11.1 Å². The number of nitrogens with one attached hydrogen (secondary N) is 1. The molecule has 0 saturated carbocycles. The number of piperazine rings is 1. The van der Waals surface area contributed by atoms with E-state index in [2.05, 4.69) is 15.1 Å². The molecule has 0 spiro atoms. The lowest BCUT2D eigenvalue weighted by Gasteiger charge is -2.34. The van der Waals surface area contributed by atoms with Gasteiger partial charge in [0.1, 0.15) is 0 Å². The first-order valence-corrected chi connectivity index (χ1v) is 7.11. The van der Waals surface area contributed by atoms with E-state index in [4.69, 9.17) is 5.73 Å². The van der Waals surface area contributed by atoms with Gasteiger partial charge in [0.05, 0.1) is 0 Å². The first kappa shape index (κ1) is 15.4. The van der Waals surface area contributed by atoms with Crippen molar-refractivity contribution in [2.75, 3.05) is 52.9 Å². The molecule has 1 heterocycles. The minimum atomic E-state index is 0.149. The van der Waals surface area contributed by atoms with Crippen molar-refractivity contribution < 1.29 is 4.79 Å². The summed E-state index contributed by atoms with van der Waals surface area (Å²) in [6.07, 6.45) is 3.96. The highest BCUT2D eigenvalue weighted by atomic mass is 16.1. The second kappa shape index (κ2) is 9.30. The van der Waals surface area contributed by atoms with Crippen LogP contribution >= 0.6 is 0 Å². The molecule has 0 aromatic heterocycles. The number of rotatable bonds is 8. The maximum atomic E-state index is 11.1. The average Bonchev–Trinajstić information content (AvgIpc) is 2.40. The fraction of sp³-hybridized carbons (Fsp3) is 0.923. The predicted molar refractivity (Wildman–Crippen MR) is 74.5 cm³/mol. The van der Waals surface area contributed by atoms with Crippen LogP contribution in [0.2, 0.25) is 0 Å². The van der Waals surface area contributed by atoms with Gasteiger partial charge in [-0.15, -0.1) is 0 Å². The number of amides is 1. The Labute approximate surface area is 111 Å². The number of unbranched alkanes of at least 4 members (excludes halogenated alkanes) is 1. The van der Waals surface area contributed by atoms with Crippen molar-refractivity contribution in [1.29, 1.82) is 0 Å². The van der Waals surface area contributed by atoms with Crippen molar-refractivity contribution in [3.05, 3.63) is 0 Å². The molecule has 0 atom stereocenters. The summed E-state index contributed by atoms with van der Waals surface area (Å²) in [4.78, 5) is 16.1. The number of hydrogen-bond acceptors (Lipinski definition) is 4. The molecule has 18 heavy (non-hydrogen) atoms. The Morgan fingerprint density at radius 3 is 2.11 bits per heavy atom. The molecular weight excluding hydrogens is 228 g/mol. The van der Waals surface area contributed by atoms with Crippen molar-refractivity contribution >= 4 is 5.91 Å². The molecule has 0 aromatic rings. The summed E-state index contributed by atoms with van der Waals surface area (Å²) in [7, 11) is 1.70. The molecule has 0 bridgehead atoms. The monoisotopic (exact) mass is 256 g/mol. The number of carbonyl (C=O) groups is 1. The molecule has 5 nitrogen and oxygen atoms in total. The van der Waals surface area contributed by atoms with Crippen LogP contribution in [0.15, 0.2) is 0 Å². The van der Waals surface area contributed by atoms with Gasteiger partial charge in [0.25, 0.3) is 0 Å². The maximum Gasteiger partial charge on any atom is 0.219 e. The second-order valence-electron chi connectivity index (χ2n) is 4.96. The van der Waals surface area contributed by atoms with Gasteiger partial charge in [0.15, 0.2) is 0 Å². The maximum absolute atomic E-state index is 11.1. The van der Waals surface area contributed by atoms with E-state index >= 15 is 0 Å². The Morgan fingerprint density at radius 2 is 1.61 bits per heavy atom. The Hall–Kier alpha value is -0.650. The Kier molecular flexibility index (Phi) is 7.96. The Balaban J connectivity index is 2.02. The summed E-state index contributed by atoms with van der Waals surface area (Å²) in [6, 6.07) is 0. The number of nitrogens with two attached hydrogens (primary N) is 1. The van der Waals surface area contributed by atoms with Gasteiger partial charge < -0.3 is 20.9 Å². The van der Waals surface area contributed by atoms with E-state index in [-0.39, 0.29) is 5.91 Å². The summed E-state index contributed by atoms with van der Waals surface area (Å²) < 4.78 is 0. The van der Waals surface area contributed by atoms with Gasteiger partial charge in [-0.05, 0) is 38.9 Å². The molecular formula is C13H28N4O. The molecule has 1 aliphatic rings. The third-order valence-electron chi connectivity index (χ3n) is 3.55. The summed E-state index contributed by atoms with van der Waals surface area (Å²) in [5.41, 5.74) is 5.50. The van der Waals surface area contributed by atoms with Crippen LogP contribution in [0.1, 0.15) is 25.7 Å². The van der Waals surface area contributed by atoms with Crippen LogP contribution in [-0.2, 0) is 4.79 Å². The Morgan fingerprint density at radius 1 is 1.06 bits per heavy atom. The first-order valence-electron chi connectivity index (χ1n) is 7.11. The van der Waals surface area contributed by atoms with Crippen molar-refractivity contribution in [1.82, 2.24) is 15.1 Å². The van der Waals surface area contributed by atoms with E-state index in [9.17, 15) is 4.79 Å². The summed E-state index contributed by atoms with van der Waals surface area (Å²) in [6.45, 7) is 7.62. The van der Waals surface area contributed by atoms with Gasteiger partial charge in [-0.25, -0.2) is 0 Å². The lowest BCUT2D eigenvalue weighted by molar-refractivity contribution is -0.120. The van der Waals surface area contributed by atoms with E-state index in [1.54, 1.807) is 7.05 Å². The van der Waals surface area contributed by atoms with E-state index in [1.165, 1.54) is 13.0 Å². The molecule has 1 rings (SSSR count). The van der Waals surface area contributed by atoms with Gasteiger partial charge in [-0.2, -0.15) is 0 Å². The van der Waals surface area contributed by atoms with Gasteiger partial charge >= 0.3 is 0 Å². The standard InChI is InChI=1S/C13H28N4O/c1-15-13(18)5-4-8-17-11-9-16(10-12-17)7-3-2-6-14/h2-12,14H2,1H3,(H,15,18). The SMILES string of the molecule is CNC(=O)CCCN1CCN(CCCCN)CC1. The highest BCUT2D eigenvalue weighted by Gasteiger charge is 2.15. The molecule has 1 aliphatic heterocycles. The van der Waals surface area contributed by atoms with Gasteiger partial charge in [-0.1, -0.05) is 0 Å². The number of carbonyl (C=O) groups excluding carboxylic acids is 1. The van der Waals surface area contributed by atoms with E-state index in [0.29, 0.717) is 6.42 Å². The van der Waals surface area contributed by atoms with E-state index in [0.717, 1.165) is 52.1 Å². The van der Waals surface area contributed by atoms with E-state index in [1.807, 2.05) is 0 Å². The van der Waals surface area contributed by atoms with Crippen molar-refractivity contribution in [2.45, 2.75) is 25.7 Å². The van der Waals surface area contributed by atoms with Crippen LogP contribution in [0.3, 0.4) is 0 Å². The van der Waals surface area contributed by atoms with Crippen molar-refractivity contribution in [2.24, 2.45) is 5.73 Å². The van der Waals surface area contributed by atoms with Crippen LogP contribution in [0.25, 0.3) is 0 Å². The van der Waals surface area contributed by atoms with E-state index < -0.39 is 0 Å². The summed E-state index contributed by atoms with van der Waals surface area (Å²) in [5.74, 6) is 0.149. The predicted octanol–water partition coefficient (Wildman–Crippen LogP) is -0.131. The number of hydrogen-bond donors (Lipinski definition) is 2. The normalized spacial score (nSPS) is 17.9. The second-order valence-corrected chi connectivity index (χ2v) is 4.96. The van der Waals surface area contributed by atoms with Crippen molar-refractivity contribution in [3.8, 4) is 0 Å². The van der Waals surface area contributed by atoms with Gasteiger partial charge in [-0.3, -0.25) is 4.79 Å². The molecule has 1 amide bonds. The molecule has 1 fully saturated rings. The number of nitrogens with zero attached hydrogens (tertiary/aromatic N) is 2. The van der Waals surface area contributed by atoms with Crippen molar-refractivity contribution in [3.63, 3.8) is 0 Å². The van der Waals surface area contributed by atoms with Crippen LogP contribution in [0, 0.1) is 0 Å². The molecule has 1 saturated heterocycles. The third-order valence-corrected chi connectivity index (χ3v) is 3.55. The quantitative estimate of drug-likeness (QED) is 0.594. The zero-order valence-corrected chi connectivity index (χ0v) is 11.7.